The van der Waals surface area contributed by atoms with E-state index in [4.69, 9.17) is 16.1 Å². The molecule has 9 heteroatoms. The van der Waals surface area contributed by atoms with Crippen molar-refractivity contribution < 1.29 is 9.32 Å². The van der Waals surface area contributed by atoms with Crippen LogP contribution in [0.5, 0.6) is 0 Å². The van der Waals surface area contributed by atoms with Gasteiger partial charge in [-0.05, 0) is 61.6 Å². The van der Waals surface area contributed by atoms with Gasteiger partial charge in [-0.3, -0.25) is 9.69 Å². The van der Waals surface area contributed by atoms with Gasteiger partial charge in [-0.1, -0.05) is 22.8 Å². The number of nitrogens with zero attached hydrogens (tertiary/aromatic N) is 3. The highest BCUT2D eigenvalue weighted by molar-refractivity contribution is 7.99. The number of likely N-dealkylation sites (tertiary alicyclic amines) is 1. The third-order valence-corrected chi connectivity index (χ3v) is 7.14. The zero-order chi connectivity index (χ0) is 20.8. The normalized spacial score (nSPS) is 15.4. The number of halogens is 1. The van der Waals surface area contributed by atoms with E-state index in [1.54, 1.807) is 23.1 Å². The van der Waals surface area contributed by atoms with Crippen LogP contribution in [-0.4, -0.2) is 46.3 Å². The van der Waals surface area contributed by atoms with Gasteiger partial charge in [0, 0.05) is 28.1 Å². The maximum Gasteiger partial charge on any atom is 0.241 e. The van der Waals surface area contributed by atoms with Crippen molar-refractivity contribution in [2.75, 3.05) is 25.4 Å². The van der Waals surface area contributed by atoms with E-state index in [-0.39, 0.29) is 11.8 Å². The summed E-state index contributed by atoms with van der Waals surface area (Å²) in [5.74, 6) is 2.34. The number of piperidine rings is 1. The molecule has 0 atom stereocenters. The number of carbonyl (C=O) groups is 1. The molecule has 6 nitrogen and oxygen atoms in total. The summed E-state index contributed by atoms with van der Waals surface area (Å²) in [5.41, 5.74) is 0. The maximum absolute atomic E-state index is 12.5. The van der Waals surface area contributed by atoms with E-state index >= 15 is 0 Å². The molecule has 1 aliphatic heterocycles. The summed E-state index contributed by atoms with van der Waals surface area (Å²) in [4.78, 5) is 21.4. The number of carbonyl (C=O) groups excluding carboxylic acids is 1. The van der Waals surface area contributed by atoms with Crippen molar-refractivity contribution in [1.29, 1.82) is 0 Å². The number of aromatic nitrogens is 2. The predicted octanol–water partition coefficient (Wildman–Crippen LogP) is 4.57. The third-order valence-electron chi connectivity index (χ3n) is 5.01. The SMILES string of the molecule is O=C(NCCSc1ccc(Cl)cc1)C1CCN(Cc2nc(-c3cccs3)no2)CC1. The largest absolute Gasteiger partial charge is 0.355 e. The second-order valence-corrected chi connectivity index (χ2v) is 9.69. The Kier molecular flexibility index (Phi) is 7.43. The zero-order valence-electron chi connectivity index (χ0n) is 16.4. The fourth-order valence-corrected chi connectivity index (χ4v) is 4.93. The van der Waals surface area contributed by atoms with Gasteiger partial charge in [0.1, 0.15) is 0 Å². The van der Waals surface area contributed by atoms with Crippen LogP contribution in [0.3, 0.4) is 0 Å². The van der Waals surface area contributed by atoms with E-state index in [0.29, 0.717) is 24.8 Å². The molecule has 3 aromatic rings. The molecule has 2 aromatic heterocycles. The summed E-state index contributed by atoms with van der Waals surface area (Å²) in [7, 11) is 0. The molecule has 1 amide bonds. The first kappa shape index (κ1) is 21.4. The van der Waals surface area contributed by atoms with E-state index in [1.807, 2.05) is 41.8 Å². The van der Waals surface area contributed by atoms with Crippen LogP contribution in [0.15, 0.2) is 51.2 Å². The predicted molar refractivity (Wildman–Crippen MR) is 121 cm³/mol. The molecule has 30 heavy (non-hydrogen) atoms. The van der Waals surface area contributed by atoms with Crippen LogP contribution in [-0.2, 0) is 11.3 Å². The first-order valence-corrected chi connectivity index (χ1v) is 12.2. The quantitative estimate of drug-likeness (QED) is 0.390. The lowest BCUT2D eigenvalue weighted by molar-refractivity contribution is -0.126. The van der Waals surface area contributed by atoms with Crippen LogP contribution >= 0.6 is 34.7 Å². The van der Waals surface area contributed by atoms with Crippen LogP contribution in [0.25, 0.3) is 10.7 Å². The van der Waals surface area contributed by atoms with E-state index < -0.39 is 0 Å². The van der Waals surface area contributed by atoms with E-state index in [9.17, 15) is 4.79 Å². The molecule has 4 rings (SSSR count). The van der Waals surface area contributed by atoms with Crippen LogP contribution < -0.4 is 5.32 Å². The fraction of sp³-hybridized carbons (Fsp3) is 0.381. The Morgan fingerprint density at radius 3 is 2.80 bits per heavy atom. The molecular weight excluding hydrogens is 440 g/mol. The second kappa shape index (κ2) is 10.4. The minimum atomic E-state index is 0.0751. The van der Waals surface area contributed by atoms with Gasteiger partial charge in [-0.2, -0.15) is 4.98 Å². The number of nitrogens with one attached hydrogen (secondary N) is 1. The summed E-state index contributed by atoms with van der Waals surface area (Å²) >= 11 is 9.21. The summed E-state index contributed by atoms with van der Waals surface area (Å²) in [6, 6.07) is 11.7. The highest BCUT2D eigenvalue weighted by Gasteiger charge is 2.25. The first-order valence-electron chi connectivity index (χ1n) is 9.92. The van der Waals surface area contributed by atoms with Crippen molar-refractivity contribution in [3.8, 4) is 10.7 Å². The highest BCUT2D eigenvalue weighted by Crippen LogP contribution is 2.23. The Morgan fingerprint density at radius 2 is 2.07 bits per heavy atom. The average Bonchev–Trinajstić information content (AvgIpc) is 3.45. The molecule has 0 aliphatic carbocycles. The molecule has 0 unspecified atom stereocenters. The van der Waals surface area contributed by atoms with Gasteiger partial charge in [0.25, 0.3) is 0 Å². The van der Waals surface area contributed by atoms with Crippen LogP contribution in [0.2, 0.25) is 5.02 Å². The van der Waals surface area contributed by atoms with Crippen molar-refractivity contribution in [3.63, 3.8) is 0 Å². The van der Waals surface area contributed by atoms with Crippen LogP contribution in [0.1, 0.15) is 18.7 Å². The average molecular weight is 463 g/mol. The smallest absolute Gasteiger partial charge is 0.241 e. The lowest BCUT2D eigenvalue weighted by Gasteiger charge is -2.30. The number of amides is 1. The number of thiophene rings is 1. The van der Waals surface area contributed by atoms with Gasteiger partial charge in [-0.25, -0.2) is 0 Å². The molecule has 1 aromatic carbocycles. The van der Waals surface area contributed by atoms with Gasteiger partial charge in [-0.15, -0.1) is 23.1 Å². The van der Waals surface area contributed by atoms with Gasteiger partial charge < -0.3 is 9.84 Å². The topological polar surface area (TPSA) is 71.3 Å². The molecule has 1 N–H and O–H groups in total. The lowest BCUT2D eigenvalue weighted by atomic mass is 9.96. The minimum Gasteiger partial charge on any atom is -0.355 e. The molecule has 0 radical (unpaired) electrons. The summed E-state index contributed by atoms with van der Waals surface area (Å²) in [6.45, 7) is 3.01. The van der Waals surface area contributed by atoms with E-state index in [1.165, 1.54) is 0 Å². The van der Waals surface area contributed by atoms with Crippen molar-refractivity contribution >= 4 is 40.6 Å². The van der Waals surface area contributed by atoms with Crippen LogP contribution in [0, 0.1) is 5.92 Å². The molecule has 1 aliphatic rings. The van der Waals surface area contributed by atoms with Gasteiger partial charge in [0.05, 0.1) is 11.4 Å². The van der Waals surface area contributed by atoms with E-state index in [2.05, 4.69) is 20.4 Å². The molecule has 1 saturated heterocycles. The first-order chi connectivity index (χ1) is 14.7. The Balaban J connectivity index is 1.15. The van der Waals surface area contributed by atoms with Crippen molar-refractivity contribution in [2.45, 2.75) is 24.3 Å². The van der Waals surface area contributed by atoms with Crippen molar-refractivity contribution in [3.05, 3.63) is 52.7 Å². The maximum atomic E-state index is 12.5. The Morgan fingerprint density at radius 1 is 1.27 bits per heavy atom. The molecule has 0 saturated carbocycles. The molecule has 0 spiro atoms. The molecule has 158 valence electrons. The Hall–Kier alpha value is -1.87. The van der Waals surface area contributed by atoms with E-state index in [0.717, 1.165) is 46.5 Å². The minimum absolute atomic E-state index is 0.0751. The molecule has 3 heterocycles. The standard InChI is InChI=1S/C21H23ClN4O2S2/c22-16-3-5-17(6-4-16)29-13-9-23-21(27)15-7-10-26(11-8-15)14-19-24-20(25-28-19)18-2-1-12-30-18/h1-6,12,15H,7-11,13-14H2,(H,23,27). The number of benzene rings is 1. The number of hydrogen-bond acceptors (Lipinski definition) is 7. The van der Waals surface area contributed by atoms with Gasteiger partial charge >= 0.3 is 0 Å². The van der Waals surface area contributed by atoms with Crippen LogP contribution in [0.4, 0.5) is 0 Å². The number of hydrogen-bond donors (Lipinski definition) is 1. The number of thioether (sulfide) groups is 1. The lowest BCUT2D eigenvalue weighted by Crippen LogP contribution is -2.40. The summed E-state index contributed by atoms with van der Waals surface area (Å²) < 4.78 is 5.39. The van der Waals surface area contributed by atoms with Crippen molar-refractivity contribution in [1.82, 2.24) is 20.4 Å². The number of rotatable bonds is 8. The monoisotopic (exact) mass is 462 g/mol. The zero-order valence-corrected chi connectivity index (χ0v) is 18.8. The molecular formula is C21H23ClN4O2S2. The fourth-order valence-electron chi connectivity index (χ4n) is 3.39. The van der Waals surface area contributed by atoms with Crippen molar-refractivity contribution in [2.24, 2.45) is 5.92 Å². The summed E-state index contributed by atoms with van der Waals surface area (Å²) in [6.07, 6.45) is 1.70. The Labute approximate surface area is 189 Å². The Bertz CT molecular complexity index is 938. The van der Waals surface area contributed by atoms with Gasteiger partial charge in [0.15, 0.2) is 0 Å². The molecule has 1 fully saturated rings. The second-order valence-electron chi connectivity index (χ2n) is 7.13. The highest BCUT2D eigenvalue weighted by atomic mass is 35.5. The van der Waals surface area contributed by atoms with Gasteiger partial charge in [0.2, 0.25) is 17.6 Å². The summed E-state index contributed by atoms with van der Waals surface area (Å²) in [5, 5.41) is 9.87. The molecule has 0 bridgehead atoms. The third kappa shape index (κ3) is 5.85.